The zero-order chi connectivity index (χ0) is 12.2. The van der Waals surface area contributed by atoms with Crippen molar-refractivity contribution in [3.8, 4) is 0 Å². The summed E-state index contributed by atoms with van der Waals surface area (Å²) in [6.45, 7) is 3.79. The summed E-state index contributed by atoms with van der Waals surface area (Å²) in [7, 11) is -0.983. The first-order valence-electron chi connectivity index (χ1n) is 5.77. The van der Waals surface area contributed by atoms with Gasteiger partial charge in [-0.2, -0.15) is 0 Å². The third-order valence-corrected chi connectivity index (χ3v) is 4.30. The second-order valence-corrected chi connectivity index (χ2v) is 6.66. The minimum Gasteiger partial charge on any atom is -0.329 e. The highest BCUT2D eigenvalue weighted by molar-refractivity contribution is 7.88. The zero-order valence-corrected chi connectivity index (χ0v) is 11.0. The molecule has 1 heterocycles. The van der Waals surface area contributed by atoms with Gasteiger partial charge in [-0.3, -0.25) is 0 Å². The van der Waals surface area contributed by atoms with Crippen molar-refractivity contribution in [1.82, 2.24) is 9.21 Å². The smallest absolute Gasteiger partial charge is 0.211 e. The molecular formula is C10H23N3O2S. The number of nitrogens with two attached hydrogens (primary N) is 1. The molecule has 1 aliphatic rings. The summed E-state index contributed by atoms with van der Waals surface area (Å²) < 4.78 is 24.5. The molecule has 0 aromatic carbocycles. The maximum atomic E-state index is 11.4. The molecule has 0 aliphatic carbocycles. The van der Waals surface area contributed by atoms with Gasteiger partial charge in [0.15, 0.2) is 0 Å². The molecule has 6 heteroatoms. The van der Waals surface area contributed by atoms with E-state index in [0.29, 0.717) is 25.6 Å². The summed E-state index contributed by atoms with van der Waals surface area (Å²) in [6, 6.07) is 0. The highest BCUT2D eigenvalue weighted by Gasteiger charge is 2.26. The number of hydrogen-bond donors (Lipinski definition) is 1. The van der Waals surface area contributed by atoms with E-state index in [2.05, 4.69) is 4.90 Å². The molecule has 0 aromatic heterocycles. The predicted molar refractivity (Wildman–Crippen MR) is 65.7 cm³/mol. The van der Waals surface area contributed by atoms with Crippen molar-refractivity contribution in [2.75, 3.05) is 46.0 Å². The van der Waals surface area contributed by atoms with Gasteiger partial charge >= 0.3 is 0 Å². The van der Waals surface area contributed by atoms with E-state index in [4.69, 9.17) is 5.73 Å². The lowest BCUT2D eigenvalue weighted by molar-refractivity contribution is 0.203. The molecule has 5 nitrogen and oxygen atoms in total. The molecule has 0 saturated carbocycles. The molecule has 1 saturated heterocycles. The number of likely N-dealkylation sites (N-methyl/N-ethyl adjacent to an activating group) is 1. The second-order valence-electron chi connectivity index (χ2n) is 4.68. The van der Waals surface area contributed by atoms with Gasteiger partial charge in [-0.1, -0.05) is 0 Å². The van der Waals surface area contributed by atoms with Crippen LogP contribution in [0.15, 0.2) is 0 Å². The average molecular weight is 249 g/mol. The van der Waals surface area contributed by atoms with E-state index in [0.717, 1.165) is 25.9 Å². The van der Waals surface area contributed by atoms with Crippen molar-refractivity contribution in [1.29, 1.82) is 0 Å². The first kappa shape index (κ1) is 13.9. The van der Waals surface area contributed by atoms with Gasteiger partial charge in [0.25, 0.3) is 0 Å². The van der Waals surface area contributed by atoms with E-state index in [1.165, 1.54) is 6.26 Å². The van der Waals surface area contributed by atoms with Crippen LogP contribution < -0.4 is 5.73 Å². The third kappa shape index (κ3) is 4.37. The van der Waals surface area contributed by atoms with Gasteiger partial charge in [-0.25, -0.2) is 12.7 Å². The van der Waals surface area contributed by atoms with Crippen LogP contribution in [0.2, 0.25) is 0 Å². The van der Waals surface area contributed by atoms with E-state index in [1.54, 1.807) is 4.31 Å². The van der Waals surface area contributed by atoms with Crippen molar-refractivity contribution in [2.45, 2.75) is 12.8 Å². The van der Waals surface area contributed by atoms with Gasteiger partial charge < -0.3 is 10.6 Å². The lowest BCUT2D eigenvalue weighted by Crippen LogP contribution is -2.43. The van der Waals surface area contributed by atoms with Gasteiger partial charge in [-0.15, -0.1) is 0 Å². The molecule has 0 aromatic rings. The fourth-order valence-electron chi connectivity index (χ4n) is 2.23. The lowest BCUT2D eigenvalue weighted by atomic mass is 9.99. The van der Waals surface area contributed by atoms with E-state index < -0.39 is 10.0 Å². The largest absolute Gasteiger partial charge is 0.329 e. The van der Waals surface area contributed by atoms with E-state index in [-0.39, 0.29) is 0 Å². The Morgan fingerprint density at radius 2 is 2.19 bits per heavy atom. The van der Waals surface area contributed by atoms with Gasteiger partial charge in [0, 0.05) is 32.7 Å². The third-order valence-electron chi connectivity index (χ3n) is 3.03. The topological polar surface area (TPSA) is 66.6 Å². The molecular weight excluding hydrogens is 226 g/mol. The predicted octanol–water partition coefficient (Wildman–Crippen LogP) is -0.451. The number of sulfonamides is 1. The van der Waals surface area contributed by atoms with Crippen LogP contribution in [0.4, 0.5) is 0 Å². The molecule has 0 amide bonds. The van der Waals surface area contributed by atoms with Crippen molar-refractivity contribution in [2.24, 2.45) is 11.7 Å². The fraction of sp³-hybridized carbons (Fsp3) is 1.00. The maximum Gasteiger partial charge on any atom is 0.211 e. The van der Waals surface area contributed by atoms with Crippen LogP contribution in [0.5, 0.6) is 0 Å². The number of nitrogens with zero attached hydrogens (tertiary/aromatic N) is 2. The van der Waals surface area contributed by atoms with Crippen LogP contribution in [-0.4, -0.2) is 63.7 Å². The second kappa shape index (κ2) is 5.95. The first-order valence-corrected chi connectivity index (χ1v) is 7.62. The van der Waals surface area contributed by atoms with Crippen LogP contribution in [0.1, 0.15) is 12.8 Å². The molecule has 1 fully saturated rings. The first-order chi connectivity index (χ1) is 7.43. The average Bonchev–Trinajstić information content (AvgIpc) is 2.17. The molecule has 1 atom stereocenters. The standard InChI is InChI=1S/C10H23N3O2S/c1-12(7-5-11)8-10-4-3-6-13(9-10)16(2,14)15/h10H,3-9,11H2,1-2H3. The minimum atomic E-state index is -3.02. The van der Waals surface area contributed by atoms with Crippen LogP contribution >= 0.6 is 0 Å². The van der Waals surface area contributed by atoms with Crippen LogP contribution in [0.3, 0.4) is 0 Å². The molecule has 0 radical (unpaired) electrons. The zero-order valence-electron chi connectivity index (χ0n) is 10.2. The summed E-state index contributed by atoms with van der Waals surface area (Å²) in [4.78, 5) is 2.18. The Hall–Kier alpha value is -0.170. The van der Waals surface area contributed by atoms with Crippen molar-refractivity contribution in [3.05, 3.63) is 0 Å². The number of piperidine rings is 1. The summed E-state index contributed by atoms with van der Waals surface area (Å²) >= 11 is 0. The van der Waals surface area contributed by atoms with Crippen LogP contribution in [-0.2, 0) is 10.0 Å². The minimum absolute atomic E-state index is 0.444. The van der Waals surface area contributed by atoms with Gasteiger partial charge in [0.1, 0.15) is 0 Å². The summed E-state index contributed by atoms with van der Waals surface area (Å²) in [5, 5.41) is 0. The molecule has 0 bridgehead atoms. The Morgan fingerprint density at radius 3 is 2.75 bits per heavy atom. The van der Waals surface area contributed by atoms with Crippen molar-refractivity contribution < 1.29 is 8.42 Å². The number of rotatable bonds is 5. The summed E-state index contributed by atoms with van der Waals surface area (Å²) in [5.41, 5.74) is 5.48. The van der Waals surface area contributed by atoms with Gasteiger partial charge in [0.2, 0.25) is 10.0 Å². The normalized spacial score (nSPS) is 23.9. The van der Waals surface area contributed by atoms with E-state index in [9.17, 15) is 8.42 Å². The fourth-order valence-corrected chi connectivity index (χ4v) is 3.17. The van der Waals surface area contributed by atoms with Gasteiger partial charge in [-0.05, 0) is 25.8 Å². The Kier molecular flexibility index (Phi) is 5.17. The van der Waals surface area contributed by atoms with Crippen LogP contribution in [0, 0.1) is 5.92 Å². The van der Waals surface area contributed by atoms with Crippen LogP contribution in [0.25, 0.3) is 0 Å². The number of hydrogen-bond acceptors (Lipinski definition) is 4. The maximum absolute atomic E-state index is 11.4. The highest BCUT2D eigenvalue weighted by Crippen LogP contribution is 2.19. The molecule has 96 valence electrons. The SMILES string of the molecule is CN(CCN)CC1CCCN(S(C)(=O)=O)C1. The Bertz CT molecular complexity index is 305. The molecule has 1 rings (SSSR count). The monoisotopic (exact) mass is 249 g/mol. The Morgan fingerprint density at radius 1 is 1.50 bits per heavy atom. The molecule has 0 spiro atoms. The highest BCUT2D eigenvalue weighted by atomic mass is 32.2. The molecule has 16 heavy (non-hydrogen) atoms. The molecule has 1 aliphatic heterocycles. The Labute approximate surface area is 98.6 Å². The van der Waals surface area contributed by atoms with Gasteiger partial charge in [0.05, 0.1) is 6.26 Å². The summed E-state index contributed by atoms with van der Waals surface area (Å²) in [6.07, 6.45) is 3.37. The quantitative estimate of drug-likeness (QED) is 0.716. The van der Waals surface area contributed by atoms with Crippen molar-refractivity contribution in [3.63, 3.8) is 0 Å². The molecule has 1 unspecified atom stereocenters. The van der Waals surface area contributed by atoms with Crippen molar-refractivity contribution >= 4 is 10.0 Å². The summed E-state index contributed by atoms with van der Waals surface area (Å²) in [5.74, 6) is 0.444. The van der Waals surface area contributed by atoms with E-state index >= 15 is 0 Å². The Balaban J connectivity index is 2.45. The van der Waals surface area contributed by atoms with E-state index in [1.807, 2.05) is 7.05 Å². The molecule has 2 N–H and O–H groups in total. The lowest BCUT2D eigenvalue weighted by Gasteiger charge is -2.33.